The van der Waals surface area contributed by atoms with Crippen LogP contribution >= 0.6 is 0 Å². The van der Waals surface area contributed by atoms with E-state index in [4.69, 9.17) is 0 Å². The SMILES string of the molecule is CC12CCCCC1(C)N1c3cccc4c3B(C3=C(c5ccccc5C3c3ccccc3)N4c3ccccc3)c3cccc2c31. The minimum atomic E-state index is 0.0491. The van der Waals surface area contributed by atoms with Crippen LogP contribution in [0.3, 0.4) is 0 Å². The molecule has 2 nitrogen and oxygen atoms in total. The van der Waals surface area contributed by atoms with E-state index in [2.05, 4.69) is 145 Å². The third kappa shape index (κ3) is 2.85. The van der Waals surface area contributed by atoms with Gasteiger partial charge in [0.25, 0.3) is 0 Å². The number of allylic oxidation sites excluding steroid dienone is 1. The summed E-state index contributed by atoms with van der Waals surface area (Å²) in [6, 6.07) is 45.9. The number of benzene rings is 5. The zero-order valence-electron chi connectivity index (χ0n) is 25.4. The Kier molecular flexibility index (Phi) is 4.85. The van der Waals surface area contributed by atoms with Crippen molar-refractivity contribution in [3.05, 3.63) is 149 Å². The summed E-state index contributed by atoms with van der Waals surface area (Å²) in [7, 11) is 0. The fraction of sp³-hybridized carbons (Fsp3) is 0.220. The van der Waals surface area contributed by atoms with Gasteiger partial charge < -0.3 is 9.80 Å². The first-order valence-electron chi connectivity index (χ1n) is 16.4. The van der Waals surface area contributed by atoms with Crippen LogP contribution in [0.25, 0.3) is 5.70 Å². The second-order valence-electron chi connectivity index (χ2n) is 13.9. The molecule has 212 valence electrons. The van der Waals surface area contributed by atoms with Gasteiger partial charge in [-0.1, -0.05) is 122 Å². The molecule has 0 radical (unpaired) electrons. The predicted octanol–water partition coefficient (Wildman–Crippen LogP) is 8.60. The maximum Gasteiger partial charge on any atom is 0.248 e. The minimum Gasteiger partial charge on any atom is -0.335 e. The molecular formula is C41H35BN2. The van der Waals surface area contributed by atoms with Crippen molar-refractivity contribution in [3.8, 4) is 0 Å². The lowest BCUT2D eigenvalue weighted by atomic mass is 9.31. The van der Waals surface area contributed by atoms with E-state index in [0.29, 0.717) is 0 Å². The smallest absolute Gasteiger partial charge is 0.248 e. The highest BCUT2D eigenvalue weighted by Crippen LogP contribution is 2.63. The van der Waals surface area contributed by atoms with Crippen LogP contribution in [0, 0.1) is 0 Å². The Bertz CT molecular complexity index is 2030. The molecule has 5 aliphatic rings. The molecule has 0 spiro atoms. The van der Waals surface area contributed by atoms with Gasteiger partial charge in [0.2, 0.25) is 6.71 Å². The molecule has 10 rings (SSSR count). The number of hydrogen-bond donors (Lipinski definition) is 0. The van der Waals surface area contributed by atoms with Gasteiger partial charge in [-0.05, 0) is 71.6 Å². The summed E-state index contributed by atoms with van der Waals surface area (Å²) in [5.74, 6) is 0.192. The zero-order chi connectivity index (χ0) is 29.2. The first-order valence-corrected chi connectivity index (χ1v) is 16.4. The van der Waals surface area contributed by atoms with Crippen molar-refractivity contribution in [1.82, 2.24) is 0 Å². The molecule has 0 N–H and O–H groups in total. The number of para-hydroxylation sites is 2. The van der Waals surface area contributed by atoms with Gasteiger partial charge in [-0.2, -0.15) is 0 Å². The second-order valence-corrected chi connectivity index (χ2v) is 13.9. The lowest BCUT2D eigenvalue weighted by Gasteiger charge is -2.52. The first kappa shape index (κ1) is 24.9. The van der Waals surface area contributed by atoms with Gasteiger partial charge in [-0.3, -0.25) is 0 Å². The van der Waals surface area contributed by atoms with Crippen molar-refractivity contribution in [1.29, 1.82) is 0 Å². The minimum absolute atomic E-state index is 0.0491. The lowest BCUT2D eigenvalue weighted by molar-refractivity contribution is 0.195. The van der Waals surface area contributed by atoms with E-state index in [1.54, 1.807) is 5.56 Å². The highest BCUT2D eigenvalue weighted by atomic mass is 15.3. The van der Waals surface area contributed by atoms with Crippen molar-refractivity contribution in [3.63, 3.8) is 0 Å². The van der Waals surface area contributed by atoms with E-state index < -0.39 is 0 Å². The van der Waals surface area contributed by atoms with E-state index in [1.165, 1.54) is 87.2 Å². The third-order valence-corrected chi connectivity index (χ3v) is 12.1. The molecule has 3 unspecified atom stereocenters. The van der Waals surface area contributed by atoms with Crippen molar-refractivity contribution in [2.45, 2.75) is 56.4 Å². The van der Waals surface area contributed by atoms with Crippen LogP contribution in [0.15, 0.2) is 127 Å². The molecular weight excluding hydrogens is 531 g/mol. The summed E-state index contributed by atoms with van der Waals surface area (Å²) in [4.78, 5) is 5.42. The lowest BCUT2D eigenvalue weighted by Crippen LogP contribution is -2.61. The van der Waals surface area contributed by atoms with Crippen molar-refractivity contribution >= 4 is 46.1 Å². The van der Waals surface area contributed by atoms with E-state index in [9.17, 15) is 0 Å². The Morgan fingerprint density at radius 3 is 2.23 bits per heavy atom. The molecule has 0 saturated heterocycles. The van der Waals surface area contributed by atoms with E-state index in [-0.39, 0.29) is 23.6 Å². The zero-order valence-corrected chi connectivity index (χ0v) is 25.4. The largest absolute Gasteiger partial charge is 0.335 e. The molecule has 3 heterocycles. The molecule has 44 heavy (non-hydrogen) atoms. The molecule has 1 saturated carbocycles. The van der Waals surface area contributed by atoms with Crippen LogP contribution in [0.2, 0.25) is 0 Å². The van der Waals surface area contributed by atoms with E-state index in [0.717, 1.165) is 0 Å². The molecule has 3 heteroatoms. The molecule has 5 aromatic rings. The van der Waals surface area contributed by atoms with Gasteiger partial charge in [0, 0.05) is 45.3 Å². The van der Waals surface area contributed by atoms with Gasteiger partial charge in [0.05, 0.1) is 5.54 Å². The maximum atomic E-state index is 2.82. The van der Waals surface area contributed by atoms with E-state index >= 15 is 0 Å². The van der Waals surface area contributed by atoms with Gasteiger partial charge in [0.15, 0.2) is 0 Å². The summed E-state index contributed by atoms with van der Waals surface area (Å²) in [5.41, 5.74) is 17.2. The van der Waals surface area contributed by atoms with Crippen molar-refractivity contribution in [2.75, 3.05) is 9.80 Å². The number of anilines is 4. The Hall–Kier alpha value is -4.50. The summed E-state index contributed by atoms with van der Waals surface area (Å²) in [6.07, 6.45) is 5.07. The number of hydrogen-bond acceptors (Lipinski definition) is 2. The molecule has 3 aliphatic heterocycles. The maximum absolute atomic E-state index is 2.82. The van der Waals surface area contributed by atoms with Crippen LogP contribution in [0.5, 0.6) is 0 Å². The van der Waals surface area contributed by atoms with Gasteiger partial charge in [-0.15, -0.1) is 0 Å². The molecule has 3 atom stereocenters. The predicted molar refractivity (Wildman–Crippen MR) is 184 cm³/mol. The van der Waals surface area contributed by atoms with Gasteiger partial charge in [-0.25, -0.2) is 0 Å². The van der Waals surface area contributed by atoms with Crippen LogP contribution in [-0.2, 0) is 5.41 Å². The Balaban J connectivity index is 1.35. The Morgan fingerprint density at radius 2 is 1.39 bits per heavy atom. The first-order chi connectivity index (χ1) is 21.6. The molecule has 0 aromatic heterocycles. The molecule has 1 fully saturated rings. The van der Waals surface area contributed by atoms with Crippen LogP contribution < -0.4 is 20.7 Å². The van der Waals surface area contributed by atoms with Gasteiger partial charge >= 0.3 is 0 Å². The van der Waals surface area contributed by atoms with Crippen LogP contribution in [0.1, 0.15) is 67.7 Å². The average molecular weight is 567 g/mol. The fourth-order valence-electron chi connectivity index (χ4n) is 10.1. The van der Waals surface area contributed by atoms with E-state index in [1.807, 2.05) is 0 Å². The molecule has 5 aromatic carbocycles. The Labute approximate surface area is 260 Å². The number of fused-ring (bicyclic) bond motifs is 8. The molecule has 2 aliphatic carbocycles. The van der Waals surface area contributed by atoms with Crippen molar-refractivity contribution in [2.24, 2.45) is 0 Å². The number of nitrogens with zero attached hydrogens (tertiary/aromatic N) is 2. The summed E-state index contributed by atoms with van der Waals surface area (Å²) < 4.78 is 0. The summed E-state index contributed by atoms with van der Waals surface area (Å²) >= 11 is 0. The van der Waals surface area contributed by atoms with Crippen LogP contribution in [0.4, 0.5) is 22.7 Å². The highest BCUT2D eigenvalue weighted by Gasteiger charge is 2.62. The highest BCUT2D eigenvalue weighted by molar-refractivity contribution is 6.96. The Morgan fingerprint density at radius 1 is 0.682 bits per heavy atom. The van der Waals surface area contributed by atoms with Crippen LogP contribution in [-0.4, -0.2) is 12.3 Å². The normalized spacial score (nSPS) is 25.3. The molecule has 0 amide bonds. The summed E-state index contributed by atoms with van der Waals surface area (Å²) in [5, 5.41) is 0. The van der Waals surface area contributed by atoms with Gasteiger partial charge in [0.1, 0.15) is 0 Å². The topological polar surface area (TPSA) is 6.48 Å². The quantitative estimate of drug-likeness (QED) is 0.198. The standard InChI is InChI=1S/C41H35BN2/c1-40-25-11-12-26-41(40,2)44-34-24-14-23-33-36(34)42(32-22-13-21-31(40)39(32)44)37-35(27-15-5-3-6-16-27)29-19-9-10-20-30(29)38(37)43(33)28-17-7-4-8-18-28/h3-10,13-24,35H,11-12,25-26H2,1-2H3. The van der Waals surface area contributed by atoms with Crippen molar-refractivity contribution < 1.29 is 0 Å². The fourth-order valence-corrected chi connectivity index (χ4v) is 10.1. The average Bonchev–Trinajstić information content (AvgIpc) is 3.52. The molecule has 0 bridgehead atoms. The second kappa shape index (κ2) is 8.57. The summed E-state index contributed by atoms with van der Waals surface area (Å²) in [6.45, 7) is 5.32. The monoisotopic (exact) mass is 566 g/mol. The number of rotatable bonds is 2. The third-order valence-electron chi connectivity index (χ3n) is 12.1.